The topological polar surface area (TPSA) is 109 Å². The third-order valence-corrected chi connectivity index (χ3v) is 8.01. The van der Waals surface area contributed by atoms with Crippen molar-refractivity contribution < 1.29 is 18.8 Å². The standard InChI is InChI=1S/C35H41N7O3.2C2H6/c1-25-8-13-29(21-31(25)40-34-37-16-14-30(39-34)28-7-6-15-36-22-28)38-32(43)27-11-9-26(10-12-27)23-41-17-19-42(5,20-18-41)24-45-33(44)35(2,3)4;2*1-2/h6-16,21-22H,17-20,23-24H2,1-5H3,(H-,37,38,39,40,43);2*1-2H3/p+1. The maximum Gasteiger partial charge on any atom is 0.315 e. The molecule has 1 aliphatic rings. The molecule has 0 spiro atoms. The molecular weight excluding hydrogens is 614 g/mol. The fraction of sp³-hybridized carbons (Fsp3) is 0.410. The van der Waals surface area contributed by atoms with Crippen LogP contribution in [-0.4, -0.2) is 76.2 Å². The molecule has 0 bridgehead atoms. The summed E-state index contributed by atoms with van der Waals surface area (Å²) in [5, 5.41) is 6.29. The van der Waals surface area contributed by atoms with Gasteiger partial charge in [0.15, 0.2) is 0 Å². The van der Waals surface area contributed by atoms with Crippen molar-refractivity contribution in [3.05, 3.63) is 95.9 Å². The van der Waals surface area contributed by atoms with Crippen molar-refractivity contribution >= 4 is 29.2 Å². The summed E-state index contributed by atoms with van der Waals surface area (Å²) in [6, 6.07) is 19.1. The number of piperazine rings is 1. The molecule has 2 N–H and O–H groups in total. The van der Waals surface area contributed by atoms with E-state index in [-0.39, 0.29) is 11.9 Å². The number of esters is 1. The van der Waals surface area contributed by atoms with Gasteiger partial charge in [-0.25, -0.2) is 9.97 Å². The van der Waals surface area contributed by atoms with Gasteiger partial charge in [-0.1, -0.05) is 45.9 Å². The number of hydrogen-bond acceptors (Lipinski definition) is 8. The molecule has 1 amide bonds. The van der Waals surface area contributed by atoms with E-state index in [2.05, 4.69) is 37.5 Å². The van der Waals surface area contributed by atoms with E-state index in [1.165, 1.54) is 0 Å². The highest BCUT2D eigenvalue weighted by Gasteiger charge is 2.32. The van der Waals surface area contributed by atoms with Gasteiger partial charge in [0.05, 0.1) is 31.2 Å². The maximum atomic E-state index is 13.1. The van der Waals surface area contributed by atoms with Crippen molar-refractivity contribution in [3.8, 4) is 11.3 Å². The number of likely N-dealkylation sites (N-methyl/N-ethyl adjacent to an activating group) is 1. The summed E-state index contributed by atoms with van der Waals surface area (Å²) in [6.07, 6.45) is 5.19. The molecule has 5 rings (SSSR count). The predicted molar refractivity (Wildman–Crippen MR) is 198 cm³/mol. The van der Waals surface area contributed by atoms with E-state index in [0.29, 0.717) is 23.9 Å². The molecule has 262 valence electrons. The molecule has 10 heteroatoms. The first-order valence-electron chi connectivity index (χ1n) is 17.2. The molecule has 0 aliphatic carbocycles. The third kappa shape index (κ3) is 11.5. The van der Waals surface area contributed by atoms with Crippen LogP contribution in [-0.2, 0) is 16.1 Å². The lowest BCUT2D eigenvalue weighted by molar-refractivity contribution is -0.929. The molecule has 4 aromatic rings. The molecule has 0 atom stereocenters. The first kappa shape index (κ1) is 38.8. The van der Waals surface area contributed by atoms with E-state index in [4.69, 9.17) is 4.74 Å². The molecule has 10 nitrogen and oxygen atoms in total. The first-order valence-corrected chi connectivity index (χ1v) is 17.2. The van der Waals surface area contributed by atoms with Gasteiger partial charge < -0.3 is 15.4 Å². The second-order valence-electron chi connectivity index (χ2n) is 13.0. The molecule has 49 heavy (non-hydrogen) atoms. The van der Waals surface area contributed by atoms with Crippen molar-refractivity contribution in [2.24, 2.45) is 5.41 Å². The number of pyridine rings is 1. The number of benzene rings is 2. The number of rotatable bonds is 9. The van der Waals surface area contributed by atoms with Crippen LogP contribution in [0.25, 0.3) is 11.3 Å². The number of carbonyl (C=O) groups excluding carboxylic acids is 2. The number of quaternary nitrogens is 1. The van der Waals surface area contributed by atoms with Gasteiger partial charge in [-0.2, -0.15) is 0 Å². The minimum absolute atomic E-state index is 0.162. The van der Waals surface area contributed by atoms with Crippen LogP contribution in [0, 0.1) is 12.3 Å². The zero-order valence-electron chi connectivity index (χ0n) is 30.7. The fourth-order valence-corrected chi connectivity index (χ4v) is 4.98. The Morgan fingerprint density at radius 2 is 1.63 bits per heavy atom. The lowest BCUT2D eigenvalue weighted by Gasteiger charge is -2.41. The van der Waals surface area contributed by atoms with Gasteiger partial charge in [-0.3, -0.25) is 24.0 Å². The van der Waals surface area contributed by atoms with Crippen LogP contribution in [0.5, 0.6) is 0 Å². The Balaban J connectivity index is 0.00000157. The van der Waals surface area contributed by atoms with Crippen LogP contribution in [0.2, 0.25) is 0 Å². The number of amides is 1. The molecular formula is C39H54N7O3+. The Bertz CT molecular complexity index is 1630. The maximum absolute atomic E-state index is 13.1. The molecule has 2 aromatic carbocycles. The third-order valence-electron chi connectivity index (χ3n) is 8.01. The molecule has 0 saturated carbocycles. The average molecular weight is 669 g/mol. The SMILES string of the molecule is CC.CC.Cc1ccc(NC(=O)c2ccc(CN3CC[N+](C)(COC(=O)C(C)(C)C)CC3)cc2)cc1Nc1nccc(-c2cccnc2)n1. The highest BCUT2D eigenvalue weighted by Crippen LogP contribution is 2.25. The molecule has 1 fully saturated rings. The van der Waals surface area contributed by atoms with Crippen molar-refractivity contribution in [2.45, 2.75) is 61.9 Å². The Hall–Kier alpha value is -4.67. The predicted octanol–water partition coefficient (Wildman–Crippen LogP) is 7.70. The number of nitrogens with one attached hydrogen (secondary N) is 2. The average Bonchev–Trinajstić information content (AvgIpc) is 3.12. The Kier molecular flexibility index (Phi) is 14.4. The van der Waals surface area contributed by atoms with Gasteiger partial charge in [0.2, 0.25) is 12.7 Å². The van der Waals surface area contributed by atoms with E-state index in [1.807, 2.05) is 116 Å². The molecule has 0 radical (unpaired) electrons. The lowest BCUT2D eigenvalue weighted by atomic mass is 9.97. The van der Waals surface area contributed by atoms with Crippen LogP contribution >= 0.6 is 0 Å². The van der Waals surface area contributed by atoms with Gasteiger partial charge >= 0.3 is 5.97 Å². The molecule has 3 heterocycles. The van der Waals surface area contributed by atoms with E-state index >= 15 is 0 Å². The summed E-state index contributed by atoms with van der Waals surface area (Å²) in [4.78, 5) is 40.9. The van der Waals surface area contributed by atoms with Crippen LogP contribution in [0.1, 0.15) is 70.0 Å². The lowest BCUT2D eigenvalue weighted by Crippen LogP contribution is -2.58. The Morgan fingerprint density at radius 3 is 2.27 bits per heavy atom. The highest BCUT2D eigenvalue weighted by atomic mass is 16.5. The van der Waals surface area contributed by atoms with E-state index in [9.17, 15) is 9.59 Å². The number of aromatic nitrogens is 3. The van der Waals surface area contributed by atoms with Gasteiger partial charge in [0.25, 0.3) is 5.91 Å². The summed E-state index contributed by atoms with van der Waals surface area (Å²) in [7, 11) is 2.14. The fourth-order valence-electron chi connectivity index (χ4n) is 4.98. The number of carbonyl (C=O) groups is 2. The highest BCUT2D eigenvalue weighted by molar-refractivity contribution is 6.04. The zero-order valence-corrected chi connectivity index (χ0v) is 30.7. The number of aryl methyl sites for hydroxylation is 1. The van der Waals surface area contributed by atoms with E-state index < -0.39 is 5.41 Å². The summed E-state index contributed by atoms with van der Waals surface area (Å²) in [5.41, 5.74) is 5.38. The van der Waals surface area contributed by atoms with E-state index in [1.54, 1.807) is 18.6 Å². The van der Waals surface area contributed by atoms with Crippen LogP contribution in [0.4, 0.5) is 17.3 Å². The summed E-state index contributed by atoms with van der Waals surface area (Å²) in [5.74, 6) is 0.118. The van der Waals surface area contributed by atoms with Crippen molar-refractivity contribution in [1.29, 1.82) is 0 Å². The summed E-state index contributed by atoms with van der Waals surface area (Å²) >= 11 is 0. The largest absolute Gasteiger partial charge is 0.415 e. The smallest absolute Gasteiger partial charge is 0.315 e. The summed E-state index contributed by atoms with van der Waals surface area (Å²) in [6.45, 7) is 20.5. The second-order valence-corrected chi connectivity index (χ2v) is 13.0. The van der Waals surface area contributed by atoms with Crippen molar-refractivity contribution in [2.75, 3.05) is 50.6 Å². The van der Waals surface area contributed by atoms with Gasteiger partial charge in [-0.05, 0) is 81.3 Å². The minimum atomic E-state index is -0.492. The summed E-state index contributed by atoms with van der Waals surface area (Å²) < 4.78 is 6.33. The quantitative estimate of drug-likeness (QED) is 0.138. The Morgan fingerprint density at radius 1 is 0.939 bits per heavy atom. The number of nitrogens with zero attached hydrogens (tertiary/aromatic N) is 5. The molecule has 2 aromatic heterocycles. The van der Waals surface area contributed by atoms with Crippen molar-refractivity contribution in [3.63, 3.8) is 0 Å². The van der Waals surface area contributed by atoms with Crippen LogP contribution in [0.3, 0.4) is 0 Å². The minimum Gasteiger partial charge on any atom is -0.415 e. The van der Waals surface area contributed by atoms with Gasteiger partial charge in [-0.15, -0.1) is 0 Å². The zero-order chi connectivity index (χ0) is 36.0. The number of anilines is 3. The normalized spacial score (nSPS) is 13.9. The number of hydrogen-bond donors (Lipinski definition) is 2. The second kappa shape index (κ2) is 18.2. The van der Waals surface area contributed by atoms with Crippen LogP contribution in [0.15, 0.2) is 79.3 Å². The van der Waals surface area contributed by atoms with Crippen molar-refractivity contribution in [1.82, 2.24) is 19.9 Å². The first-order chi connectivity index (χ1) is 23.5. The van der Waals surface area contributed by atoms with Gasteiger partial charge in [0, 0.05) is 60.7 Å². The Labute approximate surface area is 292 Å². The molecule has 0 unspecified atom stereocenters. The monoisotopic (exact) mass is 668 g/mol. The molecule has 1 saturated heterocycles. The molecule has 1 aliphatic heterocycles. The van der Waals surface area contributed by atoms with Crippen LogP contribution < -0.4 is 10.6 Å². The number of ether oxygens (including phenoxy) is 1. The van der Waals surface area contributed by atoms with Gasteiger partial charge in [0.1, 0.15) is 0 Å². The van der Waals surface area contributed by atoms with E-state index in [0.717, 1.165) is 65.3 Å².